The Balaban J connectivity index is 4.38. The first kappa shape index (κ1) is 8.85. The SMILES string of the molecule is [C-]#[N+]/C(=N\O)C(=S)N(C)C. The first-order chi connectivity index (χ1) is 4.63. The van der Waals surface area contributed by atoms with Gasteiger partial charge in [-0.1, -0.05) is 18.8 Å². The molecule has 0 aliphatic carbocycles. The van der Waals surface area contributed by atoms with E-state index >= 15 is 0 Å². The minimum absolute atomic E-state index is 0.153. The van der Waals surface area contributed by atoms with Gasteiger partial charge in [-0.05, 0) is 0 Å². The smallest absolute Gasteiger partial charge is 0.348 e. The van der Waals surface area contributed by atoms with E-state index in [4.69, 9.17) is 24.0 Å². The molecule has 0 radical (unpaired) electrons. The van der Waals surface area contributed by atoms with Gasteiger partial charge < -0.3 is 15.0 Å². The van der Waals surface area contributed by atoms with E-state index < -0.39 is 0 Å². The van der Waals surface area contributed by atoms with E-state index in [9.17, 15) is 0 Å². The molecule has 0 saturated carbocycles. The number of likely N-dealkylation sites (N-methyl/N-ethyl adjacent to an activating group) is 1. The van der Waals surface area contributed by atoms with Crippen molar-refractivity contribution < 1.29 is 5.21 Å². The molecular weight excluding hydrogens is 150 g/mol. The highest BCUT2D eigenvalue weighted by Gasteiger charge is 2.08. The maximum atomic E-state index is 8.21. The Morgan fingerprint density at radius 2 is 2.20 bits per heavy atom. The fourth-order valence-corrected chi connectivity index (χ4v) is 0.399. The van der Waals surface area contributed by atoms with Gasteiger partial charge in [-0.2, -0.15) is 0 Å². The van der Waals surface area contributed by atoms with Gasteiger partial charge in [-0.25, -0.2) is 0 Å². The summed E-state index contributed by atoms with van der Waals surface area (Å²) in [5.74, 6) is -0.153. The van der Waals surface area contributed by atoms with Crippen LogP contribution >= 0.6 is 12.2 Å². The number of amidine groups is 1. The van der Waals surface area contributed by atoms with Gasteiger partial charge in [0.2, 0.25) is 0 Å². The van der Waals surface area contributed by atoms with Gasteiger partial charge in [-0.15, -0.1) is 0 Å². The molecule has 0 aliphatic rings. The molecule has 5 heteroatoms. The highest BCUT2D eigenvalue weighted by Crippen LogP contribution is 1.89. The van der Waals surface area contributed by atoms with Crippen molar-refractivity contribution in [1.29, 1.82) is 0 Å². The molecule has 0 atom stereocenters. The van der Waals surface area contributed by atoms with E-state index in [2.05, 4.69) is 10.0 Å². The molecule has 0 aliphatic heterocycles. The zero-order valence-corrected chi connectivity index (χ0v) is 6.51. The van der Waals surface area contributed by atoms with Gasteiger partial charge in [0.05, 0.1) is 5.16 Å². The van der Waals surface area contributed by atoms with Crippen LogP contribution in [-0.2, 0) is 0 Å². The maximum Gasteiger partial charge on any atom is 0.348 e. The van der Waals surface area contributed by atoms with E-state index in [0.29, 0.717) is 0 Å². The number of hydrogen-bond acceptors (Lipinski definition) is 3. The predicted molar refractivity (Wildman–Crippen MR) is 42.1 cm³/mol. The zero-order chi connectivity index (χ0) is 8.15. The third-order valence-electron chi connectivity index (χ3n) is 0.798. The molecule has 0 fully saturated rings. The monoisotopic (exact) mass is 157 g/mol. The van der Waals surface area contributed by atoms with E-state index in [0.717, 1.165) is 0 Å². The molecule has 0 heterocycles. The quantitative estimate of drug-likeness (QED) is 0.140. The maximum absolute atomic E-state index is 8.21. The highest BCUT2D eigenvalue weighted by molar-refractivity contribution is 7.82. The first-order valence-electron chi connectivity index (χ1n) is 2.44. The van der Waals surface area contributed by atoms with Crippen LogP contribution in [0.15, 0.2) is 5.16 Å². The molecular formula is C5H7N3OS. The lowest BCUT2D eigenvalue weighted by Crippen LogP contribution is -2.26. The molecule has 0 rings (SSSR count). The number of thiocarbonyl (C=S) groups is 1. The van der Waals surface area contributed by atoms with Crippen LogP contribution in [0.25, 0.3) is 4.85 Å². The van der Waals surface area contributed by atoms with E-state index in [1.54, 1.807) is 14.1 Å². The summed E-state index contributed by atoms with van der Waals surface area (Å²) in [6.07, 6.45) is 0. The lowest BCUT2D eigenvalue weighted by molar-refractivity contribution is 0.320. The topological polar surface area (TPSA) is 40.2 Å². The Bertz CT molecular complexity index is 203. The lowest BCUT2D eigenvalue weighted by atomic mass is 10.5. The summed E-state index contributed by atoms with van der Waals surface area (Å²) in [5, 5.41) is 10.9. The Hall–Kier alpha value is -1.15. The Kier molecular flexibility index (Phi) is 3.36. The van der Waals surface area contributed by atoms with E-state index in [1.165, 1.54) is 4.90 Å². The van der Waals surface area contributed by atoms with Crippen LogP contribution in [-0.4, -0.2) is 35.0 Å². The molecule has 1 N–H and O–H groups in total. The van der Waals surface area contributed by atoms with Gasteiger partial charge in [0, 0.05) is 14.1 Å². The summed E-state index contributed by atoms with van der Waals surface area (Å²) in [5.41, 5.74) is 0. The molecule has 0 spiro atoms. The highest BCUT2D eigenvalue weighted by atomic mass is 32.1. The van der Waals surface area contributed by atoms with Crippen molar-refractivity contribution in [3.63, 3.8) is 0 Å². The summed E-state index contributed by atoms with van der Waals surface area (Å²) >= 11 is 4.72. The minimum atomic E-state index is -0.153. The average molecular weight is 157 g/mol. The second kappa shape index (κ2) is 3.80. The molecule has 0 bridgehead atoms. The summed E-state index contributed by atoms with van der Waals surface area (Å²) in [7, 11) is 3.36. The molecule has 4 nitrogen and oxygen atoms in total. The van der Waals surface area contributed by atoms with Crippen molar-refractivity contribution in [1.82, 2.24) is 4.90 Å². The van der Waals surface area contributed by atoms with Crippen molar-refractivity contribution in [3.8, 4) is 0 Å². The summed E-state index contributed by atoms with van der Waals surface area (Å²) < 4.78 is 0. The standard InChI is InChI=1S/C5H7N3OS/c1-6-4(7-9)5(10)8(2)3/h9H,2-3H3/b7-4-. The third kappa shape index (κ3) is 1.99. The predicted octanol–water partition coefficient (Wildman–Crippen LogP) is 0.582. The number of oxime groups is 1. The summed E-state index contributed by atoms with van der Waals surface area (Å²) in [6, 6.07) is 0. The molecule has 0 amide bonds. The van der Waals surface area contributed by atoms with Crippen LogP contribution in [0.2, 0.25) is 0 Å². The molecule has 0 saturated heterocycles. The van der Waals surface area contributed by atoms with Crippen molar-refractivity contribution in [2.24, 2.45) is 5.16 Å². The Morgan fingerprint density at radius 3 is 2.30 bits per heavy atom. The van der Waals surface area contributed by atoms with Crippen LogP contribution in [0.3, 0.4) is 0 Å². The number of rotatable bonds is 0. The first-order valence-corrected chi connectivity index (χ1v) is 2.85. The van der Waals surface area contributed by atoms with E-state index in [1.807, 2.05) is 0 Å². The van der Waals surface area contributed by atoms with Crippen LogP contribution < -0.4 is 0 Å². The molecule has 54 valence electrons. The fourth-order valence-electron chi connectivity index (χ4n) is 0.313. The van der Waals surface area contributed by atoms with Gasteiger partial charge in [-0.3, -0.25) is 0 Å². The van der Waals surface area contributed by atoms with Crippen molar-refractivity contribution in [2.75, 3.05) is 14.1 Å². The molecule has 0 unspecified atom stereocenters. The van der Waals surface area contributed by atoms with Crippen molar-refractivity contribution in [3.05, 3.63) is 11.4 Å². The molecule has 10 heavy (non-hydrogen) atoms. The fraction of sp³-hybridized carbons (Fsp3) is 0.400. The van der Waals surface area contributed by atoms with Gasteiger partial charge in [0.1, 0.15) is 4.99 Å². The van der Waals surface area contributed by atoms with Crippen LogP contribution in [0, 0.1) is 6.57 Å². The lowest BCUT2D eigenvalue weighted by Gasteiger charge is -2.09. The Morgan fingerprint density at radius 1 is 1.70 bits per heavy atom. The van der Waals surface area contributed by atoms with Crippen LogP contribution in [0.1, 0.15) is 0 Å². The van der Waals surface area contributed by atoms with Crippen LogP contribution in [0.5, 0.6) is 0 Å². The second-order valence-electron chi connectivity index (χ2n) is 1.73. The summed E-state index contributed by atoms with van der Waals surface area (Å²) in [4.78, 5) is 4.66. The molecule has 0 aromatic heterocycles. The minimum Gasteiger partial charge on any atom is -0.376 e. The third-order valence-corrected chi connectivity index (χ3v) is 1.35. The molecule has 0 aromatic rings. The van der Waals surface area contributed by atoms with Crippen LogP contribution in [0.4, 0.5) is 0 Å². The van der Waals surface area contributed by atoms with Gasteiger partial charge in [0.25, 0.3) is 0 Å². The number of nitrogens with zero attached hydrogens (tertiary/aromatic N) is 3. The van der Waals surface area contributed by atoms with Crippen molar-refractivity contribution in [2.45, 2.75) is 0 Å². The summed E-state index contributed by atoms with van der Waals surface area (Å²) in [6.45, 7) is 6.50. The van der Waals surface area contributed by atoms with Gasteiger partial charge >= 0.3 is 5.84 Å². The number of hydrogen-bond donors (Lipinski definition) is 1. The zero-order valence-electron chi connectivity index (χ0n) is 5.70. The van der Waals surface area contributed by atoms with Gasteiger partial charge in [0.15, 0.2) is 0 Å². The molecule has 0 aromatic carbocycles. The second-order valence-corrected chi connectivity index (χ2v) is 2.12. The Labute approximate surface area is 64.6 Å². The largest absolute Gasteiger partial charge is 0.376 e. The normalized spacial score (nSPS) is 10.3. The van der Waals surface area contributed by atoms with Crippen molar-refractivity contribution >= 4 is 23.0 Å². The van der Waals surface area contributed by atoms with E-state index in [-0.39, 0.29) is 10.8 Å². The average Bonchev–Trinajstić information content (AvgIpc) is 1.90.